The second-order valence-corrected chi connectivity index (χ2v) is 3.33. The van der Waals surface area contributed by atoms with Gasteiger partial charge in [-0.1, -0.05) is 26.2 Å². The van der Waals surface area contributed by atoms with Crippen LogP contribution in [0, 0.1) is 17.8 Å². The van der Waals surface area contributed by atoms with Crippen LogP contribution in [0.4, 0.5) is 0 Å². The first-order valence-corrected chi connectivity index (χ1v) is 5.34. The molecule has 0 radical (unpaired) electrons. The van der Waals surface area contributed by atoms with Gasteiger partial charge in [-0.25, -0.2) is 0 Å². The van der Waals surface area contributed by atoms with Gasteiger partial charge in [-0.05, 0) is 13.3 Å². The number of ether oxygens (including phenoxy) is 1. The van der Waals surface area contributed by atoms with Crippen molar-refractivity contribution < 1.29 is 9.53 Å². The smallest absolute Gasteiger partial charge is 0.307 e. The van der Waals surface area contributed by atoms with E-state index in [0.29, 0.717) is 13.0 Å². The third kappa shape index (κ3) is 7.67. The highest BCUT2D eigenvalue weighted by atomic mass is 16.5. The third-order valence-electron chi connectivity index (χ3n) is 1.78. The van der Waals surface area contributed by atoms with Crippen molar-refractivity contribution in [2.75, 3.05) is 6.61 Å². The standard InChI is InChI=1S/C12H20O2/c1-4-6-7-8-9-11(3)10-12(13)14-5-2/h11H,4-7,10H2,1-3H3. The predicted octanol–water partition coefficient (Wildman–Crippen LogP) is 2.77. The Morgan fingerprint density at radius 1 is 1.43 bits per heavy atom. The van der Waals surface area contributed by atoms with Crippen LogP contribution in [0.3, 0.4) is 0 Å². The van der Waals surface area contributed by atoms with Gasteiger partial charge in [0.2, 0.25) is 0 Å². The van der Waals surface area contributed by atoms with E-state index in [1.54, 1.807) is 0 Å². The van der Waals surface area contributed by atoms with Crippen molar-refractivity contribution in [3.63, 3.8) is 0 Å². The molecule has 0 aliphatic carbocycles. The summed E-state index contributed by atoms with van der Waals surface area (Å²) in [6.07, 6.45) is 3.65. The van der Waals surface area contributed by atoms with Crippen LogP contribution in [0.5, 0.6) is 0 Å². The molecule has 0 fully saturated rings. The van der Waals surface area contributed by atoms with E-state index in [-0.39, 0.29) is 11.9 Å². The van der Waals surface area contributed by atoms with Crippen molar-refractivity contribution in [2.45, 2.75) is 46.5 Å². The van der Waals surface area contributed by atoms with E-state index in [1.807, 2.05) is 13.8 Å². The van der Waals surface area contributed by atoms with Crippen LogP contribution in [0.1, 0.15) is 46.5 Å². The van der Waals surface area contributed by atoms with E-state index >= 15 is 0 Å². The van der Waals surface area contributed by atoms with Crippen molar-refractivity contribution in [1.29, 1.82) is 0 Å². The van der Waals surface area contributed by atoms with E-state index < -0.39 is 0 Å². The summed E-state index contributed by atoms with van der Waals surface area (Å²) in [5.41, 5.74) is 0. The molecular formula is C12H20O2. The highest BCUT2D eigenvalue weighted by Crippen LogP contribution is 2.02. The zero-order chi connectivity index (χ0) is 10.8. The Morgan fingerprint density at radius 2 is 2.14 bits per heavy atom. The lowest BCUT2D eigenvalue weighted by Gasteiger charge is -2.02. The fraction of sp³-hybridized carbons (Fsp3) is 0.750. The van der Waals surface area contributed by atoms with Crippen molar-refractivity contribution in [3.05, 3.63) is 0 Å². The van der Waals surface area contributed by atoms with Gasteiger partial charge in [-0.2, -0.15) is 0 Å². The first-order valence-electron chi connectivity index (χ1n) is 5.34. The van der Waals surface area contributed by atoms with Gasteiger partial charge >= 0.3 is 5.97 Å². The van der Waals surface area contributed by atoms with Crippen LogP contribution in [0.25, 0.3) is 0 Å². The molecule has 0 heterocycles. The fourth-order valence-electron chi connectivity index (χ4n) is 1.03. The topological polar surface area (TPSA) is 26.3 Å². The number of carbonyl (C=O) groups is 1. The van der Waals surface area contributed by atoms with Crippen LogP contribution in [0.15, 0.2) is 0 Å². The first-order chi connectivity index (χ1) is 6.70. The van der Waals surface area contributed by atoms with Crippen LogP contribution in [-0.2, 0) is 9.53 Å². The monoisotopic (exact) mass is 196 g/mol. The molecule has 1 unspecified atom stereocenters. The summed E-state index contributed by atoms with van der Waals surface area (Å²) in [4.78, 5) is 11.1. The molecule has 0 aliphatic rings. The van der Waals surface area contributed by atoms with E-state index in [4.69, 9.17) is 4.74 Å². The quantitative estimate of drug-likeness (QED) is 0.384. The molecule has 0 amide bonds. The average Bonchev–Trinajstić information content (AvgIpc) is 2.13. The van der Waals surface area contributed by atoms with Gasteiger partial charge in [0, 0.05) is 12.3 Å². The Labute approximate surface area is 87.0 Å². The lowest BCUT2D eigenvalue weighted by Crippen LogP contribution is -2.07. The maximum Gasteiger partial charge on any atom is 0.307 e. The zero-order valence-electron chi connectivity index (χ0n) is 9.43. The third-order valence-corrected chi connectivity index (χ3v) is 1.78. The molecule has 0 saturated heterocycles. The normalized spacial score (nSPS) is 11.4. The summed E-state index contributed by atoms with van der Waals surface area (Å²) in [5.74, 6) is 6.10. The zero-order valence-corrected chi connectivity index (χ0v) is 9.43. The van der Waals surface area contributed by atoms with Crippen molar-refractivity contribution in [3.8, 4) is 11.8 Å². The molecule has 1 atom stereocenters. The van der Waals surface area contributed by atoms with Gasteiger partial charge < -0.3 is 4.74 Å². The highest BCUT2D eigenvalue weighted by molar-refractivity contribution is 5.70. The summed E-state index contributed by atoms with van der Waals surface area (Å²) in [6.45, 7) is 6.36. The van der Waals surface area contributed by atoms with Crippen molar-refractivity contribution in [1.82, 2.24) is 0 Å². The molecule has 0 aromatic heterocycles. The molecule has 2 heteroatoms. The average molecular weight is 196 g/mol. The number of esters is 1. The molecule has 0 aliphatic heterocycles. The maximum atomic E-state index is 11.1. The largest absolute Gasteiger partial charge is 0.466 e. The molecule has 0 N–H and O–H groups in total. The number of carbonyl (C=O) groups excluding carboxylic acids is 1. The van der Waals surface area contributed by atoms with Gasteiger partial charge in [-0.15, -0.1) is 5.92 Å². The summed E-state index contributed by atoms with van der Waals surface area (Å²) in [6, 6.07) is 0. The summed E-state index contributed by atoms with van der Waals surface area (Å²) >= 11 is 0. The minimum absolute atomic E-state index is 0.117. The molecule has 2 nitrogen and oxygen atoms in total. The first kappa shape index (κ1) is 13.0. The fourth-order valence-corrected chi connectivity index (χ4v) is 1.03. The van der Waals surface area contributed by atoms with Crippen LogP contribution in [-0.4, -0.2) is 12.6 Å². The maximum absolute atomic E-state index is 11.1. The van der Waals surface area contributed by atoms with Gasteiger partial charge in [0.1, 0.15) is 0 Å². The molecule has 0 spiro atoms. The molecule has 0 rings (SSSR count). The number of hydrogen-bond donors (Lipinski definition) is 0. The predicted molar refractivity (Wildman–Crippen MR) is 57.7 cm³/mol. The molecule has 0 aromatic rings. The van der Waals surface area contributed by atoms with Gasteiger partial charge in [-0.3, -0.25) is 4.79 Å². The van der Waals surface area contributed by atoms with E-state index in [2.05, 4.69) is 18.8 Å². The summed E-state index contributed by atoms with van der Waals surface area (Å²) in [5, 5.41) is 0. The molecule has 0 saturated carbocycles. The van der Waals surface area contributed by atoms with Gasteiger partial charge in [0.15, 0.2) is 0 Å². The SMILES string of the molecule is CCCCC#CC(C)CC(=O)OCC. The molecule has 0 bridgehead atoms. The lowest BCUT2D eigenvalue weighted by molar-refractivity contribution is -0.143. The molecule has 14 heavy (non-hydrogen) atoms. The highest BCUT2D eigenvalue weighted by Gasteiger charge is 2.06. The Hall–Kier alpha value is -0.970. The second kappa shape index (κ2) is 8.62. The van der Waals surface area contributed by atoms with Gasteiger partial charge in [0.05, 0.1) is 13.0 Å². The second-order valence-electron chi connectivity index (χ2n) is 3.33. The van der Waals surface area contributed by atoms with E-state index in [1.165, 1.54) is 6.42 Å². The molecule has 0 aromatic carbocycles. The molecular weight excluding hydrogens is 176 g/mol. The van der Waals surface area contributed by atoms with Crippen molar-refractivity contribution >= 4 is 5.97 Å². The van der Waals surface area contributed by atoms with Crippen LogP contribution >= 0.6 is 0 Å². The Balaban J connectivity index is 3.66. The number of hydrogen-bond acceptors (Lipinski definition) is 2. The van der Waals surface area contributed by atoms with E-state index in [9.17, 15) is 4.79 Å². The Kier molecular flexibility index (Phi) is 8.02. The van der Waals surface area contributed by atoms with Crippen LogP contribution in [0.2, 0.25) is 0 Å². The Morgan fingerprint density at radius 3 is 2.71 bits per heavy atom. The molecule has 80 valence electrons. The summed E-state index contributed by atoms with van der Waals surface area (Å²) < 4.78 is 4.83. The Bertz CT molecular complexity index is 210. The lowest BCUT2D eigenvalue weighted by atomic mass is 10.1. The summed E-state index contributed by atoms with van der Waals surface area (Å²) in [7, 11) is 0. The number of rotatable bonds is 5. The minimum atomic E-state index is -0.148. The van der Waals surface area contributed by atoms with Crippen LogP contribution < -0.4 is 0 Å². The van der Waals surface area contributed by atoms with Crippen molar-refractivity contribution in [2.24, 2.45) is 5.92 Å². The van der Waals surface area contributed by atoms with E-state index in [0.717, 1.165) is 12.8 Å². The minimum Gasteiger partial charge on any atom is -0.466 e. The van der Waals surface area contributed by atoms with Gasteiger partial charge in [0.25, 0.3) is 0 Å². The number of unbranched alkanes of at least 4 members (excludes halogenated alkanes) is 2.